The maximum absolute atomic E-state index is 12.5. The third kappa shape index (κ3) is 4.98. The fourth-order valence-corrected chi connectivity index (χ4v) is 4.14. The van der Waals surface area contributed by atoms with E-state index in [2.05, 4.69) is 50.4 Å². The fourth-order valence-electron chi connectivity index (χ4n) is 4.02. The van der Waals surface area contributed by atoms with Crippen LogP contribution in [0.4, 0.5) is 5.69 Å². The number of amides is 2. The summed E-state index contributed by atoms with van der Waals surface area (Å²) in [4.78, 5) is 27.2. The van der Waals surface area contributed by atoms with Crippen LogP contribution in [0.25, 0.3) is 0 Å². The van der Waals surface area contributed by atoms with E-state index in [0.717, 1.165) is 25.2 Å². The lowest BCUT2D eigenvalue weighted by atomic mass is 9.98. The van der Waals surface area contributed by atoms with Gasteiger partial charge in [-0.3, -0.25) is 14.5 Å². The Labute approximate surface area is 186 Å². The maximum Gasteiger partial charge on any atom is 0.313 e. The molecular formula is C24H25ClN4O2. The number of fused-ring (bicyclic) bond motifs is 1. The SMILES string of the molecule is Cn1cccc1C(CNC(=O)C(=O)Nc1ccc(Cl)cc1)N1CCc2ccccc2C1. The predicted octanol–water partition coefficient (Wildman–Crippen LogP) is 3.53. The molecule has 1 aromatic heterocycles. The molecule has 31 heavy (non-hydrogen) atoms. The predicted molar refractivity (Wildman–Crippen MR) is 122 cm³/mol. The topological polar surface area (TPSA) is 66.4 Å². The highest BCUT2D eigenvalue weighted by molar-refractivity contribution is 6.39. The summed E-state index contributed by atoms with van der Waals surface area (Å²) in [6.45, 7) is 2.03. The van der Waals surface area contributed by atoms with Crippen molar-refractivity contribution < 1.29 is 9.59 Å². The minimum atomic E-state index is -0.697. The average molecular weight is 437 g/mol. The first kappa shape index (κ1) is 21.2. The molecule has 0 spiro atoms. The average Bonchev–Trinajstić information content (AvgIpc) is 3.20. The number of anilines is 1. The lowest BCUT2D eigenvalue weighted by Crippen LogP contribution is -2.44. The van der Waals surface area contributed by atoms with Crippen LogP contribution in [0.1, 0.15) is 22.9 Å². The molecule has 1 aliphatic heterocycles. The van der Waals surface area contributed by atoms with E-state index in [4.69, 9.17) is 11.6 Å². The molecule has 2 N–H and O–H groups in total. The van der Waals surface area contributed by atoms with Gasteiger partial charge in [0.15, 0.2) is 0 Å². The first-order chi connectivity index (χ1) is 15.0. The minimum absolute atomic E-state index is 0.0411. The monoisotopic (exact) mass is 436 g/mol. The molecule has 7 heteroatoms. The van der Waals surface area contributed by atoms with Crippen LogP contribution >= 0.6 is 11.6 Å². The summed E-state index contributed by atoms with van der Waals surface area (Å²) in [6.07, 6.45) is 2.96. The van der Waals surface area contributed by atoms with E-state index in [1.54, 1.807) is 24.3 Å². The molecule has 6 nitrogen and oxygen atoms in total. The molecule has 2 amide bonds. The van der Waals surface area contributed by atoms with E-state index in [0.29, 0.717) is 17.3 Å². The second kappa shape index (κ2) is 9.37. The zero-order valence-electron chi connectivity index (χ0n) is 17.3. The first-order valence-corrected chi connectivity index (χ1v) is 10.7. The van der Waals surface area contributed by atoms with E-state index in [1.807, 2.05) is 19.3 Å². The number of carbonyl (C=O) groups excluding carboxylic acids is 2. The summed E-state index contributed by atoms with van der Waals surface area (Å²) in [7, 11) is 2.00. The Morgan fingerprint density at radius 1 is 1.00 bits per heavy atom. The number of hydrogen-bond acceptors (Lipinski definition) is 3. The Hall–Kier alpha value is -3.09. The van der Waals surface area contributed by atoms with Crippen molar-refractivity contribution in [3.05, 3.63) is 88.7 Å². The third-order valence-corrected chi connectivity index (χ3v) is 5.94. The van der Waals surface area contributed by atoms with Crippen LogP contribution in [0.3, 0.4) is 0 Å². The van der Waals surface area contributed by atoms with Crippen LogP contribution in [0.2, 0.25) is 5.02 Å². The number of aromatic nitrogens is 1. The highest BCUT2D eigenvalue weighted by atomic mass is 35.5. The van der Waals surface area contributed by atoms with Gasteiger partial charge in [-0.25, -0.2) is 0 Å². The summed E-state index contributed by atoms with van der Waals surface area (Å²) in [6, 6.07) is 19.1. The van der Waals surface area contributed by atoms with Crippen LogP contribution < -0.4 is 10.6 Å². The quantitative estimate of drug-likeness (QED) is 0.601. The van der Waals surface area contributed by atoms with Gasteiger partial charge in [-0.1, -0.05) is 35.9 Å². The van der Waals surface area contributed by atoms with E-state index < -0.39 is 11.8 Å². The zero-order valence-corrected chi connectivity index (χ0v) is 18.1. The van der Waals surface area contributed by atoms with E-state index >= 15 is 0 Å². The van der Waals surface area contributed by atoms with Gasteiger partial charge in [0.1, 0.15) is 0 Å². The Morgan fingerprint density at radius 2 is 1.74 bits per heavy atom. The second-order valence-electron chi connectivity index (χ2n) is 7.72. The Morgan fingerprint density at radius 3 is 2.45 bits per heavy atom. The molecule has 1 unspecified atom stereocenters. The molecule has 4 rings (SSSR count). The van der Waals surface area contributed by atoms with Gasteiger partial charge >= 0.3 is 11.8 Å². The summed E-state index contributed by atoms with van der Waals surface area (Å²) >= 11 is 5.86. The Bertz CT molecular complexity index is 1080. The molecule has 0 radical (unpaired) electrons. The first-order valence-electron chi connectivity index (χ1n) is 10.3. The van der Waals surface area contributed by atoms with Crippen molar-refractivity contribution >= 4 is 29.1 Å². The van der Waals surface area contributed by atoms with Crippen molar-refractivity contribution in [1.29, 1.82) is 0 Å². The van der Waals surface area contributed by atoms with Gasteiger partial charge in [0.05, 0.1) is 6.04 Å². The summed E-state index contributed by atoms with van der Waals surface area (Å²) in [5.41, 5.74) is 4.30. The van der Waals surface area contributed by atoms with Gasteiger partial charge in [-0.2, -0.15) is 0 Å². The lowest BCUT2D eigenvalue weighted by molar-refractivity contribution is -0.136. The molecule has 0 saturated carbocycles. The zero-order chi connectivity index (χ0) is 21.8. The van der Waals surface area contributed by atoms with Crippen molar-refractivity contribution in [3.8, 4) is 0 Å². The molecule has 2 aromatic carbocycles. The summed E-state index contributed by atoms with van der Waals surface area (Å²) < 4.78 is 2.06. The highest BCUT2D eigenvalue weighted by Gasteiger charge is 2.27. The largest absolute Gasteiger partial charge is 0.353 e. The van der Waals surface area contributed by atoms with E-state index in [1.165, 1.54) is 11.1 Å². The van der Waals surface area contributed by atoms with Crippen molar-refractivity contribution in [2.75, 3.05) is 18.4 Å². The number of nitrogens with zero attached hydrogens (tertiary/aromatic N) is 2. The van der Waals surface area contributed by atoms with Gasteiger partial charge in [-0.05, 0) is 53.9 Å². The van der Waals surface area contributed by atoms with Crippen molar-refractivity contribution in [2.24, 2.45) is 7.05 Å². The molecule has 1 aliphatic rings. The Balaban J connectivity index is 1.44. The minimum Gasteiger partial charge on any atom is -0.353 e. The van der Waals surface area contributed by atoms with Crippen molar-refractivity contribution in [2.45, 2.75) is 19.0 Å². The molecule has 0 fully saturated rings. The smallest absolute Gasteiger partial charge is 0.313 e. The number of hydrogen-bond donors (Lipinski definition) is 2. The molecule has 0 saturated heterocycles. The van der Waals surface area contributed by atoms with Gasteiger partial charge in [0.25, 0.3) is 0 Å². The molecule has 3 aromatic rings. The number of aryl methyl sites for hydroxylation is 1. The van der Waals surface area contributed by atoms with Crippen LogP contribution in [0.15, 0.2) is 66.9 Å². The van der Waals surface area contributed by atoms with Crippen molar-refractivity contribution in [1.82, 2.24) is 14.8 Å². The maximum atomic E-state index is 12.5. The van der Waals surface area contributed by atoms with Gasteiger partial charge in [0, 0.05) is 49.3 Å². The van der Waals surface area contributed by atoms with Crippen LogP contribution in [0.5, 0.6) is 0 Å². The van der Waals surface area contributed by atoms with Crippen LogP contribution in [-0.2, 0) is 29.6 Å². The molecule has 0 aliphatic carbocycles. The van der Waals surface area contributed by atoms with Gasteiger partial charge in [-0.15, -0.1) is 0 Å². The van der Waals surface area contributed by atoms with Crippen molar-refractivity contribution in [3.63, 3.8) is 0 Å². The van der Waals surface area contributed by atoms with Gasteiger partial charge in [0.2, 0.25) is 0 Å². The molecule has 160 valence electrons. The van der Waals surface area contributed by atoms with Gasteiger partial charge < -0.3 is 15.2 Å². The highest BCUT2D eigenvalue weighted by Crippen LogP contribution is 2.27. The molecule has 0 bridgehead atoms. The second-order valence-corrected chi connectivity index (χ2v) is 8.16. The molecule has 1 atom stereocenters. The lowest BCUT2D eigenvalue weighted by Gasteiger charge is -2.36. The summed E-state index contributed by atoms with van der Waals surface area (Å²) in [5.74, 6) is -1.36. The number of benzene rings is 2. The summed E-state index contributed by atoms with van der Waals surface area (Å²) in [5, 5.41) is 5.99. The number of rotatable bonds is 5. The standard InChI is InChI=1S/C24H25ClN4O2/c1-28-13-4-7-21(28)22(29-14-12-17-5-2-3-6-18(17)16-29)15-26-23(30)24(31)27-20-10-8-19(25)9-11-20/h2-11,13,22H,12,14-16H2,1H3,(H,26,30)(H,27,31). The Kier molecular flexibility index (Phi) is 6.39. The third-order valence-electron chi connectivity index (χ3n) is 5.69. The number of nitrogens with one attached hydrogen (secondary N) is 2. The normalized spacial score (nSPS) is 14.5. The fraction of sp³-hybridized carbons (Fsp3) is 0.250. The molecule has 2 heterocycles. The number of halogens is 1. The molecular weight excluding hydrogens is 412 g/mol. The number of carbonyl (C=O) groups is 2. The van der Waals surface area contributed by atoms with Crippen LogP contribution in [-0.4, -0.2) is 34.4 Å². The van der Waals surface area contributed by atoms with Crippen LogP contribution in [0, 0.1) is 0 Å². The van der Waals surface area contributed by atoms with E-state index in [-0.39, 0.29) is 6.04 Å². The van der Waals surface area contributed by atoms with E-state index in [9.17, 15) is 9.59 Å².